The molecule has 8 heteroatoms. The topological polar surface area (TPSA) is 75.8 Å². The first-order valence-electron chi connectivity index (χ1n) is 12.7. The summed E-state index contributed by atoms with van der Waals surface area (Å²) in [5, 5.41) is 14.3. The number of phenols is 1. The number of halogens is 2. The van der Waals surface area contributed by atoms with Gasteiger partial charge in [0.25, 0.3) is 0 Å². The minimum atomic E-state index is -0.309. The Bertz CT molecular complexity index is 1350. The molecule has 0 saturated carbocycles. The van der Waals surface area contributed by atoms with Crippen LogP contribution < -0.4 is 4.74 Å². The van der Waals surface area contributed by atoms with Crippen molar-refractivity contribution in [3.63, 3.8) is 0 Å². The van der Waals surface area contributed by atoms with Gasteiger partial charge in [0.1, 0.15) is 23.3 Å². The minimum Gasteiger partial charge on any atom is -0.508 e. The highest BCUT2D eigenvalue weighted by Gasteiger charge is 2.29. The van der Waals surface area contributed by atoms with E-state index in [9.17, 15) is 14.3 Å². The standard InChI is InChI=1S/C28H24ClFN2O4.C2H6/c29-24-5-2-1-4-23(24)26-25(28(36-31-26)19-6-10-20(33)11-7-19)27(34)18-8-12-21(13-9-18)35-22-16-32(17-22)15-3-14-30;1-2/h1-2,4-13,22,33H,3,14-17H2;1-2H3. The number of ether oxygens (including phenoxy) is 1. The second-order valence-corrected chi connectivity index (χ2v) is 9.06. The maximum absolute atomic E-state index is 13.7. The van der Waals surface area contributed by atoms with Crippen LogP contribution in [0, 0.1) is 0 Å². The Morgan fingerprint density at radius 2 is 1.76 bits per heavy atom. The van der Waals surface area contributed by atoms with Crippen LogP contribution in [0.2, 0.25) is 5.02 Å². The lowest BCUT2D eigenvalue weighted by molar-refractivity contribution is 0.0184. The van der Waals surface area contributed by atoms with Crippen molar-refractivity contribution in [1.82, 2.24) is 10.1 Å². The molecule has 38 heavy (non-hydrogen) atoms. The maximum Gasteiger partial charge on any atom is 0.199 e. The highest BCUT2D eigenvalue weighted by molar-refractivity contribution is 6.33. The van der Waals surface area contributed by atoms with Crippen LogP contribution in [-0.4, -0.2) is 53.4 Å². The average molecular weight is 537 g/mol. The molecular weight excluding hydrogens is 507 g/mol. The van der Waals surface area contributed by atoms with Gasteiger partial charge in [-0.15, -0.1) is 0 Å². The Kier molecular flexibility index (Phi) is 9.15. The number of likely N-dealkylation sites (tertiary alicyclic amines) is 1. The molecule has 0 amide bonds. The molecule has 4 aromatic rings. The van der Waals surface area contributed by atoms with Crippen molar-refractivity contribution in [3.05, 3.63) is 88.9 Å². The molecule has 0 atom stereocenters. The number of aromatic hydroxyl groups is 1. The fraction of sp³-hybridized carbons (Fsp3) is 0.267. The molecule has 0 unspecified atom stereocenters. The molecule has 198 valence electrons. The number of carbonyl (C=O) groups excluding carboxylic acids is 1. The van der Waals surface area contributed by atoms with E-state index in [0.717, 1.165) is 19.6 Å². The van der Waals surface area contributed by atoms with Crippen molar-refractivity contribution in [3.8, 4) is 34.1 Å². The lowest BCUT2D eigenvalue weighted by atomic mass is 9.95. The van der Waals surface area contributed by atoms with Crippen LogP contribution in [0.4, 0.5) is 4.39 Å². The summed E-state index contributed by atoms with van der Waals surface area (Å²) in [6.07, 6.45) is 0.589. The summed E-state index contributed by atoms with van der Waals surface area (Å²) < 4.78 is 24.0. The largest absolute Gasteiger partial charge is 0.508 e. The summed E-state index contributed by atoms with van der Waals surface area (Å²) in [7, 11) is 0. The zero-order valence-corrected chi connectivity index (χ0v) is 22.1. The fourth-order valence-electron chi connectivity index (χ4n) is 4.23. The number of phenolic OH excluding ortho intramolecular Hbond substituents is 1. The zero-order valence-electron chi connectivity index (χ0n) is 21.4. The van der Waals surface area contributed by atoms with Crippen molar-refractivity contribution in [2.75, 3.05) is 26.3 Å². The van der Waals surface area contributed by atoms with Crippen molar-refractivity contribution in [2.24, 2.45) is 0 Å². The molecule has 0 radical (unpaired) electrons. The van der Waals surface area contributed by atoms with Gasteiger partial charge >= 0.3 is 0 Å². The molecule has 3 aromatic carbocycles. The summed E-state index contributed by atoms with van der Waals surface area (Å²) in [5.41, 5.74) is 2.25. The van der Waals surface area contributed by atoms with Crippen molar-refractivity contribution in [2.45, 2.75) is 26.4 Å². The summed E-state index contributed by atoms with van der Waals surface area (Å²) in [5.74, 6) is 0.780. The Balaban J connectivity index is 0.00000164. The molecule has 5 rings (SSSR count). The van der Waals surface area contributed by atoms with Crippen LogP contribution >= 0.6 is 11.6 Å². The van der Waals surface area contributed by atoms with Crippen LogP contribution in [-0.2, 0) is 0 Å². The summed E-state index contributed by atoms with van der Waals surface area (Å²) in [6, 6.07) is 20.4. The van der Waals surface area contributed by atoms with E-state index in [1.54, 1.807) is 54.6 Å². The molecular formula is C30H30ClFN2O4. The Morgan fingerprint density at radius 1 is 1.08 bits per heavy atom. The van der Waals surface area contributed by atoms with Crippen molar-refractivity contribution in [1.29, 1.82) is 0 Å². The van der Waals surface area contributed by atoms with E-state index >= 15 is 0 Å². The number of carbonyl (C=O) groups is 1. The molecule has 1 aromatic heterocycles. The lowest BCUT2D eigenvalue weighted by Crippen LogP contribution is -2.53. The molecule has 0 aliphatic carbocycles. The molecule has 1 saturated heterocycles. The Hall–Kier alpha value is -3.68. The maximum atomic E-state index is 13.7. The number of nitrogens with zero attached hydrogens (tertiary/aromatic N) is 2. The highest BCUT2D eigenvalue weighted by atomic mass is 35.5. The SMILES string of the molecule is CC.O=C(c1ccc(OC2CN(CCCF)C2)cc1)c1c(-c2ccccc2Cl)noc1-c1ccc(O)cc1. The number of hydrogen-bond donors (Lipinski definition) is 1. The van der Waals surface area contributed by atoms with Gasteiger partial charge in [0, 0.05) is 36.3 Å². The predicted molar refractivity (Wildman–Crippen MR) is 147 cm³/mol. The number of aromatic nitrogens is 1. The van der Waals surface area contributed by atoms with Gasteiger partial charge < -0.3 is 14.4 Å². The Morgan fingerprint density at radius 3 is 2.42 bits per heavy atom. The number of ketones is 1. The van der Waals surface area contributed by atoms with Crippen molar-refractivity contribution < 1.29 is 23.6 Å². The van der Waals surface area contributed by atoms with Gasteiger partial charge in [-0.2, -0.15) is 0 Å². The lowest BCUT2D eigenvalue weighted by Gasteiger charge is -2.38. The van der Waals surface area contributed by atoms with E-state index in [2.05, 4.69) is 10.1 Å². The zero-order chi connectivity index (χ0) is 27.1. The number of hydrogen-bond acceptors (Lipinski definition) is 6. The molecule has 1 aliphatic heterocycles. The number of benzene rings is 3. The van der Waals surface area contributed by atoms with Gasteiger partial charge in [0.05, 0.1) is 17.3 Å². The summed E-state index contributed by atoms with van der Waals surface area (Å²) in [4.78, 5) is 15.9. The minimum absolute atomic E-state index is 0.0529. The number of alkyl halides is 1. The molecule has 2 heterocycles. The fourth-order valence-corrected chi connectivity index (χ4v) is 4.46. The first kappa shape index (κ1) is 27.4. The first-order valence-corrected chi connectivity index (χ1v) is 13.0. The predicted octanol–water partition coefficient (Wildman–Crippen LogP) is 7.05. The molecule has 0 spiro atoms. The first-order chi connectivity index (χ1) is 18.5. The van der Waals surface area contributed by atoms with Crippen LogP contribution in [0.1, 0.15) is 36.2 Å². The van der Waals surface area contributed by atoms with E-state index in [0.29, 0.717) is 39.6 Å². The van der Waals surface area contributed by atoms with Crippen LogP contribution in [0.15, 0.2) is 77.3 Å². The van der Waals surface area contributed by atoms with E-state index in [-0.39, 0.29) is 35.6 Å². The normalized spacial score (nSPS) is 13.4. The van der Waals surface area contributed by atoms with Gasteiger partial charge in [-0.3, -0.25) is 14.1 Å². The quantitative estimate of drug-likeness (QED) is 0.231. The highest BCUT2D eigenvalue weighted by Crippen LogP contribution is 2.37. The van der Waals surface area contributed by atoms with Crippen LogP contribution in [0.3, 0.4) is 0 Å². The van der Waals surface area contributed by atoms with Gasteiger partial charge in [-0.25, -0.2) is 0 Å². The smallest absolute Gasteiger partial charge is 0.199 e. The third-order valence-corrected chi connectivity index (χ3v) is 6.46. The van der Waals surface area contributed by atoms with Gasteiger partial charge in [-0.1, -0.05) is 48.8 Å². The van der Waals surface area contributed by atoms with Crippen LogP contribution in [0.25, 0.3) is 22.6 Å². The number of rotatable bonds is 9. The van der Waals surface area contributed by atoms with E-state index < -0.39 is 0 Å². The summed E-state index contributed by atoms with van der Waals surface area (Å²) in [6.45, 7) is 5.95. The molecule has 1 fully saturated rings. The van der Waals surface area contributed by atoms with E-state index in [4.69, 9.17) is 20.9 Å². The average Bonchev–Trinajstić information content (AvgIpc) is 3.36. The summed E-state index contributed by atoms with van der Waals surface area (Å²) >= 11 is 6.42. The van der Waals surface area contributed by atoms with Crippen molar-refractivity contribution >= 4 is 17.4 Å². The van der Waals surface area contributed by atoms with Crippen LogP contribution in [0.5, 0.6) is 11.5 Å². The second kappa shape index (κ2) is 12.7. The molecule has 6 nitrogen and oxygen atoms in total. The second-order valence-electron chi connectivity index (χ2n) is 8.66. The third-order valence-electron chi connectivity index (χ3n) is 6.13. The molecule has 1 aliphatic rings. The van der Waals surface area contributed by atoms with Gasteiger partial charge in [0.2, 0.25) is 0 Å². The third kappa shape index (κ3) is 6.06. The van der Waals surface area contributed by atoms with E-state index in [1.807, 2.05) is 19.9 Å². The van der Waals surface area contributed by atoms with Gasteiger partial charge in [0.15, 0.2) is 11.5 Å². The Labute approximate surface area is 226 Å². The van der Waals surface area contributed by atoms with Gasteiger partial charge in [-0.05, 0) is 61.0 Å². The molecule has 0 bridgehead atoms. The molecule has 1 N–H and O–H groups in total. The monoisotopic (exact) mass is 536 g/mol. The van der Waals surface area contributed by atoms with E-state index in [1.165, 1.54) is 12.1 Å².